The second-order valence-corrected chi connectivity index (χ2v) is 6.17. The minimum absolute atomic E-state index is 0.202. The topological polar surface area (TPSA) is 52.3 Å². The zero-order chi connectivity index (χ0) is 15.8. The van der Waals surface area contributed by atoms with Crippen LogP contribution in [0.25, 0.3) is 6.08 Å². The number of hydrogen-bond acceptors (Lipinski definition) is 3. The van der Waals surface area contributed by atoms with E-state index in [1.54, 1.807) is 5.57 Å². The van der Waals surface area contributed by atoms with Gasteiger partial charge in [-0.15, -0.1) is 0 Å². The van der Waals surface area contributed by atoms with Gasteiger partial charge in [-0.1, -0.05) is 35.9 Å². The largest absolute Gasteiger partial charge is 0.466 e. The molecule has 1 saturated carbocycles. The van der Waals surface area contributed by atoms with Crippen molar-refractivity contribution in [1.82, 2.24) is 0 Å². The van der Waals surface area contributed by atoms with E-state index in [2.05, 4.69) is 30.3 Å². The monoisotopic (exact) mass is 301 g/mol. The molecule has 2 rings (SSSR count). The number of benzene rings is 1. The van der Waals surface area contributed by atoms with Gasteiger partial charge in [-0.25, -0.2) is 0 Å². The van der Waals surface area contributed by atoms with E-state index in [0.29, 0.717) is 6.61 Å². The van der Waals surface area contributed by atoms with Crippen molar-refractivity contribution < 1.29 is 9.53 Å². The average Bonchev–Trinajstić information content (AvgIpc) is 2.54. The molecule has 0 aromatic heterocycles. The molecule has 0 unspecified atom stereocenters. The van der Waals surface area contributed by atoms with Crippen molar-refractivity contribution in [2.24, 2.45) is 11.7 Å². The molecule has 3 nitrogen and oxygen atoms in total. The highest BCUT2D eigenvalue weighted by Crippen LogP contribution is 2.28. The van der Waals surface area contributed by atoms with Crippen LogP contribution in [0, 0.1) is 5.92 Å². The average molecular weight is 301 g/mol. The van der Waals surface area contributed by atoms with Crippen molar-refractivity contribution in [2.75, 3.05) is 13.2 Å². The number of hydrogen-bond donors (Lipinski definition) is 1. The van der Waals surface area contributed by atoms with Gasteiger partial charge in [0.15, 0.2) is 0 Å². The van der Waals surface area contributed by atoms with Crippen molar-refractivity contribution in [1.29, 1.82) is 0 Å². The lowest BCUT2D eigenvalue weighted by molar-refractivity contribution is -0.141. The summed E-state index contributed by atoms with van der Waals surface area (Å²) in [4.78, 5) is 10.7. The highest BCUT2D eigenvalue weighted by Gasteiger charge is 2.14. The van der Waals surface area contributed by atoms with E-state index < -0.39 is 0 Å². The van der Waals surface area contributed by atoms with Crippen LogP contribution in [0.4, 0.5) is 0 Å². The Balaban J connectivity index is 1.80. The summed E-state index contributed by atoms with van der Waals surface area (Å²) < 4.78 is 4.95. The number of carbonyl (C=O) groups is 1. The molecular weight excluding hydrogens is 274 g/mol. The third-order valence-corrected chi connectivity index (χ3v) is 4.35. The van der Waals surface area contributed by atoms with Crippen LogP contribution in [0.15, 0.2) is 29.8 Å². The molecule has 0 spiro atoms. The number of ether oxygens (including phenoxy) is 1. The van der Waals surface area contributed by atoms with Crippen LogP contribution in [-0.4, -0.2) is 19.1 Å². The highest BCUT2D eigenvalue weighted by atomic mass is 16.5. The molecule has 1 fully saturated rings. The van der Waals surface area contributed by atoms with Gasteiger partial charge >= 0.3 is 5.97 Å². The first kappa shape index (κ1) is 16.8. The van der Waals surface area contributed by atoms with Crippen molar-refractivity contribution >= 4 is 12.0 Å². The maximum Gasteiger partial charge on any atom is 0.302 e. The lowest BCUT2D eigenvalue weighted by Crippen LogP contribution is -2.17. The molecule has 3 heteroatoms. The fourth-order valence-corrected chi connectivity index (χ4v) is 2.94. The molecule has 2 N–H and O–H groups in total. The lowest BCUT2D eigenvalue weighted by Gasteiger charge is -2.22. The van der Waals surface area contributed by atoms with Crippen molar-refractivity contribution in [3.05, 3.63) is 41.0 Å². The molecule has 0 aliphatic heterocycles. The summed E-state index contributed by atoms with van der Waals surface area (Å²) in [6, 6.07) is 8.71. The van der Waals surface area contributed by atoms with Gasteiger partial charge in [0.2, 0.25) is 0 Å². The van der Waals surface area contributed by atoms with E-state index in [4.69, 9.17) is 10.5 Å². The Morgan fingerprint density at radius 3 is 2.55 bits per heavy atom. The third kappa shape index (κ3) is 5.64. The Kier molecular flexibility index (Phi) is 6.66. The summed E-state index contributed by atoms with van der Waals surface area (Å²) in [6.45, 7) is 2.78. The van der Waals surface area contributed by atoms with Gasteiger partial charge in [0.1, 0.15) is 0 Å². The van der Waals surface area contributed by atoms with Crippen LogP contribution >= 0.6 is 0 Å². The first-order chi connectivity index (χ1) is 10.7. The maximum atomic E-state index is 10.7. The summed E-state index contributed by atoms with van der Waals surface area (Å²) >= 11 is 0. The van der Waals surface area contributed by atoms with E-state index in [9.17, 15) is 4.79 Å². The Labute approximate surface area is 133 Å². The standard InChI is InChI=1S/C19H27NO2/c1-15(21)22-12-2-3-16-4-6-17(7-5-16)13-18-8-10-19(14-20)11-9-18/h4-7,13,19H,2-3,8-12,14,20H2,1H3. The maximum absolute atomic E-state index is 10.7. The first-order valence-electron chi connectivity index (χ1n) is 8.29. The molecule has 1 aliphatic rings. The highest BCUT2D eigenvalue weighted by molar-refractivity contribution is 5.65. The molecule has 120 valence electrons. The molecule has 0 radical (unpaired) electrons. The molecule has 0 saturated heterocycles. The smallest absolute Gasteiger partial charge is 0.302 e. The number of esters is 1. The minimum atomic E-state index is -0.202. The molecular formula is C19H27NO2. The molecule has 0 heterocycles. The van der Waals surface area contributed by atoms with Gasteiger partial charge in [0, 0.05) is 6.92 Å². The summed E-state index contributed by atoms with van der Waals surface area (Å²) in [7, 11) is 0. The predicted octanol–water partition coefficient (Wildman–Crippen LogP) is 3.71. The Bertz CT molecular complexity index is 495. The van der Waals surface area contributed by atoms with Crippen LogP contribution in [0.3, 0.4) is 0 Å². The normalized spacial score (nSPS) is 18.1. The van der Waals surface area contributed by atoms with E-state index in [1.807, 2.05) is 0 Å². The number of nitrogens with two attached hydrogens (primary N) is 1. The summed E-state index contributed by atoms with van der Waals surface area (Å²) in [5, 5.41) is 0. The molecule has 0 bridgehead atoms. The third-order valence-electron chi connectivity index (χ3n) is 4.35. The van der Waals surface area contributed by atoms with Gasteiger partial charge in [-0.05, 0) is 62.1 Å². The van der Waals surface area contributed by atoms with E-state index >= 15 is 0 Å². The predicted molar refractivity (Wildman–Crippen MR) is 90.4 cm³/mol. The second-order valence-electron chi connectivity index (χ2n) is 6.17. The summed E-state index contributed by atoms with van der Waals surface area (Å²) in [5.41, 5.74) is 9.86. The quantitative estimate of drug-likeness (QED) is 0.643. The number of aryl methyl sites for hydroxylation is 1. The van der Waals surface area contributed by atoms with Crippen molar-refractivity contribution in [3.63, 3.8) is 0 Å². The lowest BCUT2D eigenvalue weighted by atomic mass is 9.85. The van der Waals surface area contributed by atoms with Crippen LogP contribution in [0.5, 0.6) is 0 Å². The Morgan fingerprint density at radius 2 is 1.95 bits per heavy atom. The zero-order valence-corrected chi connectivity index (χ0v) is 13.5. The van der Waals surface area contributed by atoms with Gasteiger partial charge in [0.05, 0.1) is 6.61 Å². The number of carbonyl (C=O) groups excluding carboxylic acids is 1. The molecule has 0 amide bonds. The van der Waals surface area contributed by atoms with Gasteiger partial charge in [-0.3, -0.25) is 4.79 Å². The first-order valence-corrected chi connectivity index (χ1v) is 8.29. The number of rotatable bonds is 6. The van der Waals surface area contributed by atoms with E-state index in [1.165, 1.54) is 43.7 Å². The second kappa shape index (κ2) is 8.74. The van der Waals surface area contributed by atoms with Crippen LogP contribution in [0.2, 0.25) is 0 Å². The molecule has 1 aromatic carbocycles. The molecule has 0 atom stereocenters. The van der Waals surface area contributed by atoms with E-state index in [0.717, 1.165) is 25.3 Å². The van der Waals surface area contributed by atoms with E-state index in [-0.39, 0.29) is 5.97 Å². The fourth-order valence-electron chi connectivity index (χ4n) is 2.94. The Morgan fingerprint density at radius 1 is 1.27 bits per heavy atom. The van der Waals surface area contributed by atoms with Gasteiger partial charge in [-0.2, -0.15) is 0 Å². The minimum Gasteiger partial charge on any atom is -0.466 e. The van der Waals surface area contributed by atoms with Gasteiger partial charge < -0.3 is 10.5 Å². The zero-order valence-electron chi connectivity index (χ0n) is 13.5. The van der Waals surface area contributed by atoms with Crippen molar-refractivity contribution in [2.45, 2.75) is 45.4 Å². The summed E-state index contributed by atoms with van der Waals surface area (Å²) in [6.07, 6.45) is 8.99. The van der Waals surface area contributed by atoms with Gasteiger partial charge in [0.25, 0.3) is 0 Å². The van der Waals surface area contributed by atoms with Crippen molar-refractivity contribution in [3.8, 4) is 0 Å². The fraction of sp³-hybridized carbons (Fsp3) is 0.526. The summed E-state index contributed by atoms with van der Waals surface area (Å²) in [5.74, 6) is 0.517. The van der Waals surface area contributed by atoms with Crippen LogP contribution in [-0.2, 0) is 16.0 Å². The Hall–Kier alpha value is -1.61. The molecule has 1 aromatic rings. The molecule has 22 heavy (non-hydrogen) atoms. The van der Waals surface area contributed by atoms with Crippen LogP contribution < -0.4 is 5.73 Å². The SMILES string of the molecule is CC(=O)OCCCc1ccc(C=C2CCC(CN)CC2)cc1. The molecule has 1 aliphatic carbocycles. The number of allylic oxidation sites excluding steroid dienone is 1. The van der Waals surface area contributed by atoms with Crippen LogP contribution in [0.1, 0.15) is 50.2 Å².